The predicted octanol–water partition coefficient (Wildman–Crippen LogP) is 6.25. The van der Waals surface area contributed by atoms with Crippen molar-refractivity contribution < 1.29 is 40.3 Å². The highest BCUT2D eigenvalue weighted by molar-refractivity contribution is 7.10. The van der Waals surface area contributed by atoms with Crippen LogP contribution >= 0.6 is 11.3 Å². The summed E-state index contributed by atoms with van der Waals surface area (Å²) in [4.78, 5) is 32.4. The molecule has 2 aromatic carbocycles. The molecule has 2 atom stereocenters. The number of carbonyl (C=O) groups is 2. The van der Waals surface area contributed by atoms with Crippen molar-refractivity contribution in [2.24, 2.45) is 0 Å². The van der Waals surface area contributed by atoms with Gasteiger partial charge in [0.05, 0.1) is 23.7 Å². The average Bonchev–Trinajstić information content (AvgIpc) is 3.40. The van der Waals surface area contributed by atoms with Crippen molar-refractivity contribution in [3.8, 4) is 0 Å². The minimum Gasteiger partial charge on any atom is -0.338 e. The number of thiophene rings is 1. The Balaban J connectivity index is 1.30. The number of fused-ring (bicyclic) bond motifs is 1. The van der Waals surface area contributed by atoms with E-state index in [1.54, 1.807) is 24.3 Å². The molecule has 3 aromatic rings. The first kappa shape index (κ1) is 30.0. The molecular weight excluding hydrogens is 587 g/mol. The van der Waals surface area contributed by atoms with Crippen LogP contribution in [0.5, 0.6) is 0 Å². The van der Waals surface area contributed by atoms with Crippen LogP contribution in [0.15, 0.2) is 53.9 Å². The van der Waals surface area contributed by atoms with Gasteiger partial charge in [0.15, 0.2) is 0 Å². The molecule has 42 heavy (non-hydrogen) atoms. The minimum atomic E-state index is -5.07. The van der Waals surface area contributed by atoms with Crippen LogP contribution in [0.2, 0.25) is 0 Å². The highest BCUT2D eigenvalue weighted by Gasteiger charge is 2.39. The molecule has 2 aliphatic rings. The maximum atomic E-state index is 14.1. The first-order valence-corrected chi connectivity index (χ1v) is 14.0. The summed E-state index contributed by atoms with van der Waals surface area (Å²) in [5.74, 6) is -1.61. The summed E-state index contributed by atoms with van der Waals surface area (Å²) < 4.78 is 94.0. The van der Waals surface area contributed by atoms with E-state index in [4.69, 9.17) is 0 Å². The molecule has 2 aliphatic heterocycles. The van der Waals surface area contributed by atoms with Crippen molar-refractivity contribution >= 4 is 23.2 Å². The molecule has 0 spiro atoms. The number of amides is 2. The number of halogens is 7. The van der Waals surface area contributed by atoms with E-state index in [1.165, 1.54) is 21.9 Å². The topological polar surface area (TPSA) is 43.9 Å². The first-order chi connectivity index (χ1) is 19.7. The van der Waals surface area contributed by atoms with Crippen LogP contribution in [0.3, 0.4) is 0 Å². The van der Waals surface area contributed by atoms with Crippen molar-refractivity contribution in [2.75, 3.05) is 32.7 Å². The van der Waals surface area contributed by atoms with Gasteiger partial charge in [-0.1, -0.05) is 12.1 Å². The monoisotopic (exact) mass is 613 g/mol. The Morgan fingerprint density at radius 1 is 0.929 bits per heavy atom. The quantitative estimate of drug-likeness (QED) is 0.327. The lowest BCUT2D eigenvalue weighted by Gasteiger charge is -2.42. The zero-order valence-corrected chi connectivity index (χ0v) is 23.1. The fourth-order valence-corrected chi connectivity index (χ4v) is 6.51. The van der Waals surface area contributed by atoms with Gasteiger partial charge in [0.25, 0.3) is 5.91 Å². The van der Waals surface area contributed by atoms with E-state index in [9.17, 15) is 40.3 Å². The van der Waals surface area contributed by atoms with Gasteiger partial charge in [-0.05, 0) is 66.2 Å². The Hall–Kier alpha value is -3.45. The van der Waals surface area contributed by atoms with Crippen LogP contribution in [-0.2, 0) is 23.6 Å². The Labute approximate surface area is 241 Å². The predicted molar refractivity (Wildman–Crippen MR) is 141 cm³/mol. The molecule has 13 heteroatoms. The molecular formula is C29H26F7N3O2S. The fraction of sp³-hybridized carbons (Fsp3) is 0.379. The third kappa shape index (κ3) is 6.17. The summed E-state index contributed by atoms with van der Waals surface area (Å²) >= 11 is 1.60. The SMILES string of the molecule is C[C@@H]1CN(C(=O)CN2CCc3sccc3[C@@H]2c2cccc(F)c2)CCN1C(=O)c1cc(C(F)(F)F)cc(C(F)(F)F)c1. The highest BCUT2D eigenvalue weighted by Crippen LogP contribution is 2.39. The maximum absolute atomic E-state index is 14.1. The van der Waals surface area contributed by atoms with Crippen LogP contribution in [0.25, 0.3) is 0 Å². The zero-order valence-electron chi connectivity index (χ0n) is 22.3. The number of benzene rings is 2. The number of piperazine rings is 1. The molecule has 1 saturated heterocycles. The largest absolute Gasteiger partial charge is 0.416 e. The molecule has 0 unspecified atom stereocenters. The standard InChI is InChI=1S/C29H26F7N3O2S/c1-17-15-37(8-9-39(17)27(41)19-11-20(28(31,32)33)14-21(12-19)29(34,35)36)25(40)16-38-7-5-24-23(6-10-42-24)26(38)18-3-2-4-22(30)13-18/h2-4,6,10-14,17,26H,5,7-9,15-16H2,1H3/t17-,26+/m1/s1. The number of hydrogen-bond acceptors (Lipinski definition) is 4. The normalized spacial score (nSPS) is 20.0. The lowest BCUT2D eigenvalue weighted by Crippen LogP contribution is -2.57. The van der Waals surface area contributed by atoms with Gasteiger partial charge in [0, 0.05) is 42.7 Å². The van der Waals surface area contributed by atoms with Gasteiger partial charge in [0.1, 0.15) is 5.82 Å². The third-order valence-electron chi connectivity index (χ3n) is 7.64. The van der Waals surface area contributed by atoms with E-state index in [0.717, 1.165) is 16.9 Å². The van der Waals surface area contributed by atoms with Crippen LogP contribution in [-0.4, -0.2) is 65.3 Å². The summed E-state index contributed by atoms with van der Waals surface area (Å²) in [5, 5.41) is 1.96. The van der Waals surface area contributed by atoms with E-state index >= 15 is 0 Å². The van der Waals surface area contributed by atoms with Crippen LogP contribution in [0.4, 0.5) is 30.7 Å². The molecule has 5 nitrogen and oxygen atoms in total. The minimum absolute atomic E-state index is 0.0136. The van der Waals surface area contributed by atoms with Crippen LogP contribution in [0, 0.1) is 5.82 Å². The molecule has 0 bridgehead atoms. The van der Waals surface area contributed by atoms with E-state index in [0.29, 0.717) is 24.2 Å². The third-order valence-corrected chi connectivity index (χ3v) is 8.64. The van der Waals surface area contributed by atoms with Crippen molar-refractivity contribution in [1.82, 2.24) is 14.7 Å². The van der Waals surface area contributed by atoms with E-state index in [-0.39, 0.29) is 50.0 Å². The van der Waals surface area contributed by atoms with Gasteiger partial charge in [-0.3, -0.25) is 14.5 Å². The van der Waals surface area contributed by atoms with Crippen LogP contribution < -0.4 is 0 Å². The van der Waals surface area contributed by atoms with Gasteiger partial charge in [-0.25, -0.2) is 4.39 Å². The second kappa shape index (κ2) is 11.3. The number of rotatable bonds is 4. The van der Waals surface area contributed by atoms with Crippen LogP contribution in [0.1, 0.15) is 50.5 Å². The maximum Gasteiger partial charge on any atom is 0.416 e. The smallest absolute Gasteiger partial charge is 0.338 e. The van der Waals surface area contributed by atoms with Crippen molar-refractivity contribution in [1.29, 1.82) is 0 Å². The molecule has 5 rings (SSSR count). The second-order valence-electron chi connectivity index (χ2n) is 10.5. The highest BCUT2D eigenvalue weighted by atomic mass is 32.1. The summed E-state index contributed by atoms with van der Waals surface area (Å²) in [6.07, 6.45) is -9.43. The van der Waals surface area contributed by atoms with Gasteiger partial charge in [-0.2, -0.15) is 26.3 Å². The number of nitrogens with zero attached hydrogens (tertiary/aromatic N) is 3. The number of alkyl halides is 6. The Bertz CT molecular complexity index is 1450. The van der Waals surface area contributed by atoms with Crippen molar-refractivity contribution in [3.63, 3.8) is 0 Å². The molecule has 1 aromatic heterocycles. The Morgan fingerprint density at radius 2 is 1.62 bits per heavy atom. The second-order valence-corrected chi connectivity index (χ2v) is 11.5. The average molecular weight is 614 g/mol. The Morgan fingerprint density at radius 3 is 2.24 bits per heavy atom. The molecule has 1 fully saturated rings. The fourth-order valence-electron chi connectivity index (χ4n) is 5.61. The van der Waals surface area contributed by atoms with E-state index in [1.807, 2.05) is 22.4 Å². The Kier molecular flexibility index (Phi) is 8.10. The number of carbonyl (C=O) groups excluding carboxylic acids is 2. The molecule has 0 aliphatic carbocycles. The van der Waals surface area contributed by atoms with Gasteiger partial charge in [-0.15, -0.1) is 11.3 Å². The summed E-state index contributed by atoms with van der Waals surface area (Å²) in [5.41, 5.74) is -2.13. The summed E-state index contributed by atoms with van der Waals surface area (Å²) in [6.45, 7) is 2.21. The zero-order chi connectivity index (χ0) is 30.4. The van der Waals surface area contributed by atoms with E-state index < -0.39 is 41.0 Å². The molecule has 2 amide bonds. The molecule has 0 N–H and O–H groups in total. The van der Waals surface area contributed by atoms with Gasteiger partial charge in [0.2, 0.25) is 5.91 Å². The summed E-state index contributed by atoms with van der Waals surface area (Å²) in [7, 11) is 0. The van der Waals surface area contributed by atoms with Gasteiger partial charge >= 0.3 is 12.4 Å². The van der Waals surface area contributed by atoms with E-state index in [2.05, 4.69) is 0 Å². The number of hydrogen-bond donors (Lipinski definition) is 0. The molecule has 3 heterocycles. The first-order valence-electron chi connectivity index (χ1n) is 13.2. The molecule has 224 valence electrons. The van der Waals surface area contributed by atoms with Crippen molar-refractivity contribution in [2.45, 2.75) is 37.8 Å². The molecule has 0 radical (unpaired) electrons. The lowest BCUT2D eigenvalue weighted by molar-refractivity contribution is -0.143. The molecule has 0 saturated carbocycles. The lowest BCUT2D eigenvalue weighted by atomic mass is 9.93. The summed E-state index contributed by atoms with van der Waals surface area (Å²) in [6, 6.07) is 8.01. The van der Waals surface area contributed by atoms with Gasteiger partial charge < -0.3 is 9.80 Å². The van der Waals surface area contributed by atoms with Crippen molar-refractivity contribution in [3.05, 3.63) is 92.4 Å².